The maximum atomic E-state index is 12.3. The van der Waals surface area contributed by atoms with E-state index in [-0.39, 0.29) is 0 Å². The van der Waals surface area contributed by atoms with Crippen molar-refractivity contribution in [3.05, 3.63) is 0 Å². The minimum absolute atomic E-state index is 0.312. The van der Waals surface area contributed by atoms with Gasteiger partial charge < -0.3 is 10.6 Å². The van der Waals surface area contributed by atoms with Crippen molar-refractivity contribution >= 4 is 5.91 Å². The summed E-state index contributed by atoms with van der Waals surface area (Å²) < 4.78 is 0. The quantitative estimate of drug-likeness (QED) is 0.789. The maximum absolute atomic E-state index is 12.3. The molecule has 19 heavy (non-hydrogen) atoms. The molecule has 110 valence electrons. The number of hydrogen-bond donors (Lipinski definition) is 1. The van der Waals surface area contributed by atoms with E-state index in [1.807, 2.05) is 4.90 Å². The molecule has 4 heteroatoms. The first-order chi connectivity index (χ1) is 9.10. The van der Waals surface area contributed by atoms with Crippen LogP contribution in [0.5, 0.6) is 0 Å². The second-order valence-corrected chi connectivity index (χ2v) is 6.58. The van der Waals surface area contributed by atoms with Gasteiger partial charge in [-0.1, -0.05) is 13.8 Å². The summed E-state index contributed by atoms with van der Waals surface area (Å²) in [5.41, 5.74) is 5.79. The maximum Gasteiger partial charge on any atom is 0.222 e. The fourth-order valence-corrected chi connectivity index (χ4v) is 3.08. The lowest BCUT2D eigenvalue weighted by Crippen LogP contribution is -2.49. The molecule has 2 rings (SSSR count). The Labute approximate surface area is 117 Å². The largest absolute Gasteiger partial charge is 0.340 e. The Kier molecular flexibility index (Phi) is 5.22. The van der Waals surface area contributed by atoms with Crippen LogP contribution in [0.25, 0.3) is 0 Å². The molecule has 0 aromatic rings. The normalized spacial score (nSPS) is 22.8. The molecule has 0 bridgehead atoms. The van der Waals surface area contributed by atoms with Gasteiger partial charge in [-0.15, -0.1) is 0 Å². The zero-order valence-corrected chi connectivity index (χ0v) is 12.5. The van der Waals surface area contributed by atoms with E-state index in [1.165, 1.54) is 12.8 Å². The van der Waals surface area contributed by atoms with Gasteiger partial charge in [0.05, 0.1) is 0 Å². The molecule has 1 saturated carbocycles. The molecule has 1 aliphatic heterocycles. The lowest BCUT2D eigenvalue weighted by molar-refractivity contribution is -0.134. The monoisotopic (exact) mass is 267 g/mol. The van der Waals surface area contributed by atoms with E-state index in [0.717, 1.165) is 38.6 Å². The van der Waals surface area contributed by atoms with Gasteiger partial charge >= 0.3 is 0 Å². The molecule has 1 saturated heterocycles. The lowest BCUT2D eigenvalue weighted by atomic mass is 9.93. The summed E-state index contributed by atoms with van der Waals surface area (Å²) in [6.45, 7) is 8.97. The third-order valence-electron chi connectivity index (χ3n) is 4.33. The van der Waals surface area contributed by atoms with E-state index in [9.17, 15) is 4.79 Å². The Bertz CT molecular complexity index is 294. The van der Waals surface area contributed by atoms with Gasteiger partial charge in [0.25, 0.3) is 0 Å². The molecule has 4 nitrogen and oxygen atoms in total. The molecule has 2 fully saturated rings. The summed E-state index contributed by atoms with van der Waals surface area (Å²) in [6, 6.07) is 0.829. The van der Waals surface area contributed by atoms with E-state index in [0.29, 0.717) is 30.7 Å². The Morgan fingerprint density at radius 2 is 1.84 bits per heavy atom. The van der Waals surface area contributed by atoms with Crippen LogP contribution in [0.2, 0.25) is 0 Å². The van der Waals surface area contributed by atoms with Gasteiger partial charge in [0.15, 0.2) is 0 Å². The van der Waals surface area contributed by atoms with Gasteiger partial charge in [-0.3, -0.25) is 9.69 Å². The standard InChI is InChI=1S/C15H29N3O/c1-12(2)9-13(11-16)10-15(19)18-7-5-17(6-8-18)14-3-4-14/h12-14H,3-11,16H2,1-2H3. The minimum atomic E-state index is 0.312. The zero-order chi connectivity index (χ0) is 13.8. The number of carbonyl (C=O) groups is 1. The van der Waals surface area contributed by atoms with Crippen molar-refractivity contribution in [3.63, 3.8) is 0 Å². The van der Waals surface area contributed by atoms with Gasteiger partial charge in [0.2, 0.25) is 5.91 Å². The van der Waals surface area contributed by atoms with Crippen LogP contribution in [0.3, 0.4) is 0 Å². The van der Waals surface area contributed by atoms with Gasteiger partial charge in [-0.25, -0.2) is 0 Å². The smallest absolute Gasteiger partial charge is 0.222 e. The first kappa shape index (κ1) is 14.8. The number of amides is 1. The number of nitrogens with two attached hydrogens (primary N) is 1. The third kappa shape index (κ3) is 4.46. The van der Waals surface area contributed by atoms with Crippen molar-refractivity contribution in [2.45, 2.75) is 45.6 Å². The highest BCUT2D eigenvalue weighted by molar-refractivity contribution is 5.76. The van der Waals surface area contributed by atoms with Crippen molar-refractivity contribution in [2.24, 2.45) is 17.6 Å². The fraction of sp³-hybridized carbons (Fsp3) is 0.933. The molecule has 1 aliphatic carbocycles. The minimum Gasteiger partial charge on any atom is -0.340 e. The summed E-state index contributed by atoms with van der Waals surface area (Å²) >= 11 is 0. The summed E-state index contributed by atoms with van der Waals surface area (Å²) in [5.74, 6) is 1.29. The molecule has 1 heterocycles. The Morgan fingerprint density at radius 1 is 1.21 bits per heavy atom. The van der Waals surface area contributed by atoms with Crippen LogP contribution in [-0.4, -0.2) is 54.5 Å². The van der Waals surface area contributed by atoms with E-state index in [2.05, 4.69) is 18.7 Å². The van der Waals surface area contributed by atoms with Crippen LogP contribution >= 0.6 is 0 Å². The summed E-state index contributed by atoms with van der Waals surface area (Å²) in [7, 11) is 0. The molecule has 0 spiro atoms. The summed E-state index contributed by atoms with van der Waals surface area (Å²) in [6.07, 6.45) is 4.41. The van der Waals surface area contributed by atoms with Crippen molar-refractivity contribution in [3.8, 4) is 0 Å². The highest BCUT2D eigenvalue weighted by Gasteiger charge is 2.32. The van der Waals surface area contributed by atoms with Crippen molar-refractivity contribution in [2.75, 3.05) is 32.7 Å². The van der Waals surface area contributed by atoms with Crippen LogP contribution in [-0.2, 0) is 4.79 Å². The van der Waals surface area contributed by atoms with Crippen LogP contribution in [0, 0.1) is 11.8 Å². The topological polar surface area (TPSA) is 49.6 Å². The second kappa shape index (κ2) is 6.71. The summed E-state index contributed by atoms with van der Waals surface area (Å²) in [5, 5.41) is 0. The van der Waals surface area contributed by atoms with E-state index >= 15 is 0 Å². The first-order valence-corrected chi connectivity index (χ1v) is 7.82. The second-order valence-electron chi connectivity index (χ2n) is 6.58. The summed E-state index contributed by atoms with van der Waals surface area (Å²) in [4.78, 5) is 16.9. The molecule has 2 N–H and O–H groups in total. The number of piperazine rings is 1. The van der Waals surface area contributed by atoms with Crippen LogP contribution in [0.4, 0.5) is 0 Å². The number of nitrogens with zero attached hydrogens (tertiary/aromatic N) is 2. The highest BCUT2D eigenvalue weighted by Crippen LogP contribution is 2.27. The Morgan fingerprint density at radius 3 is 2.32 bits per heavy atom. The molecule has 1 unspecified atom stereocenters. The van der Waals surface area contributed by atoms with E-state index in [1.54, 1.807) is 0 Å². The van der Waals surface area contributed by atoms with Crippen LogP contribution in [0.15, 0.2) is 0 Å². The Balaban J connectivity index is 1.73. The molecule has 1 amide bonds. The Hall–Kier alpha value is -0.610. The molecule has 0 aromatic heterocycles. The lowest BCUT2D eigenvalue weighted by Gasteiger charge is -2.35. The van der Waals surface area contributed by atoms with E-state index < -0.39 is 0 Å². The van der Waals surface area contributed by atoms with Gasteiger partial charge in [-0.2, -0.15) is 0 Å². The predicted octanol–water partition coefficient (Wildman–Crippen LogP) is 1.30. The molecule has 0 radical (unpaired) electrons. The zero-order valence-electron chi connectivity index (χ0n) is 12.5. The van der Waals surface area contributed by atoms with Crippen molar-refractivity contribution in [1.29, 1.82) is 0 Å². The van der Waals surface area contributed by atoms with Gasteiger partial charge in [-0.05, 0) is 37.6 Å². The predicted molar refractivity (Wildman–Crippen MR) is 77.8 cm³/mol. The van der Waals surface area contributed by atoms with Crippen molar-refractivity contribution < 1.29 is 4.79 Å². The average molecular weight is 267 g/mol. The fourth-order valence-electron chi connectivity index (χ4n) is 3.08. The number of carbonyl (C=O) groups excluding carboxylic acids is 1. The van der Waals surface area contributed by atoms with Crippen LogP contribution < -0.4 is 5.73 Å². The molecule has 2 aliphatic rings. The van der Waals surface area contributed by atoms with Gasteiger partial charge in [0, 0.05) is 38.6 Å². The molecular formula is C15H29N3O. The average Bonchev–Trinajstić information content (AvgIpc) is 3.21. The van der Waals surface area contributed by atoms with Gasteiger partial charge in [0.1, 0.15) is 0 Å². The molecule has 0 aromatic carbocycles. The highest BCUT2D eigenvalue weighted by atomic mass is 16.2. The van der Waals surface area contributed by atoms with Crippen LogP contribution in [0.1, 0.15) is 39.5 Å². The number of hydrogen-bond acceptors (Lipinski definition) is 3. The first-order valence-electron chi connectivity index (χ1n) is 7.82. The van der Waals surface area contributed by atoms with E-state index in [4.69, 9.17) is 5.73 Å². The molecule has 1 atom stereocenters. The number of rotatable bonds is 6. The SMILES string of the molecule is CC(C)CC(CN)CC(=O)N1CCN(C2CC2)CC1. The third-order valence-corrected chi connectivity index (χ3v) is 4.33. The van der Waals surface area contributed by atoms with Crippen molar-refractivity contribution in [1.82, 2.24) is 9.80 Å². The molecular weight excluding hydrogens is 238 g/mol.